The molecule has 1 nitrogen and oxygen atoms in total. The molecule has 0 saturated heterocycles. The van der Waals surface area contributed by atoms with Crippen LogP contribution >= 0.6 is 15.9 Å². The second-order valence-corrected chi connectivity index (χ2v) is 7.57. The van der Waals surface area contributed by atoms with Gasteiger partial charge in [0.25, 0.3) is 0 Å². The summed E-state index contributed by atoms with van der Waals surface area (Å²) in [6.07, 6.45) is 0.863. The normalized spacial score (nSPS) is 13.2. The minimum Gasteiger partial charge on any atom is -0.324 e. The van der Waals surface area contributed by atoms with E-state index in [1.165, 1.54) is 22.3 Å². The lowest BCUT2D eigenvalue weighted by Crippen LogP contribution is -2.15. The van der Waals surface area contributed by atoms with Crippen molar-refractivity contribution in [1.29, 1.82) is 0 Å². The largest absolute Gasteiger partial charge is 0.324 e. The summed E-state index contributed by atoms with van der Waals surface area (Å²) in [7, 11) is 0. The Morgan fingerprint density at radius 1 is 1.05 bits per heavy atom. The molecule has 0 bridgehead atoms. The number of rotatable bonds is 3. The quantitative estimate of drug-likeness (QED) is 0.802. The average molecular weight is 346 g/mol. The summed E-state index contributed by atoms with van der Waals surface area (Å²) in [6, 6.07) is 15.1. The highest BCUT2D eigenvalue weighted by molar-refractivity contribution is 9.10. The van der Waals surface area contributed by atoms with E-state index >= 15 is 0 Å². The lowest BCUT2D eigenvalue weighted by atomic mass is 9.86. The Hall–Kier alpha value is -1.12. The van der Waals surface area contributed by atoms with E-state index in [1.807, 2.05) is 0 Å². The van der Waals surface area contributed by atoms with Gasteiger partial charge in [0.2, 0.25) is 0 Å². The molecule has 0 aliphatic heterocycles. The first-order chi connectivity index (χ1) is 9.79. The van der Waals surface area contributed by atoms with E-state index in [0.717, 1.165) is 10.9 Å². The number of hydrogen-bond acceptors (Lipinski definition) is 1. The third-order valence-corrected chi connectivity index (χ3v) is 4.84. The average Bonchev–Trinajstić information content (AvgIpc) is 2.41. The van der Waals surface area contributed by atoms with Crippen LogP contribution in [0, 0.1) is 6.92 Å². The van der Waals surface area contributed by atoms with Gasteiger partial charge in [-0.2, -0.15) is 0 Å². The highest BCUT2D eigenvalue weighted by atomic mass is 79.9. The third kappa shape index (κ3) is 3.96. The Kier molecular flexibility index (Phi) is 4.90. The van der Waals surface area contributed by atoms with Crippen molar-refractivity contribution in [2.45, 2.75) is 45.6 Å². The molecule has 0 spiro atoms. The van der Waals surface area contributed by atoms with Gasteiger partial charge in [0, 0.05) is 10.5 Å². The molecule has 1 atom stereocenters. The van der Waals surface area contributed by atoms with E-state index < -0.39 is 0 Å². The van der Waals surface area contributed by atoms with Crippen LogP contribution in [0.15, 0.2) is 46.9 Å². The molecule has 2 rings (SSSR count). The van der Waals surface area contributed by atoms with Crippen molar-refractivity contribution in [1.82, 2.24) is 0 Å². The summed E-state index contributed by atoms with van der Waals surface area (Å²) in [5.74, 6) is 0. The van der Waals surface area contributed by atoms with E-state index in [1.54, 1.807) is 0 Å². The molecule has 0 radical (unpaired) electrons. The van der Waals surface area contributed by atoms with Crippen molar-refractivity contribution in [3.8, 4) is 0 Å². The molecular weight excluding hydrogens is 322 g/mol. The molecule has 2 aromatic carbocycles. The second kappa shape index (κ2) is 6.33. The van der Waals surface area contributed by atoms with Gasteiger partial charge in [-0.25, -0.2) is 0 Å². The van der Waals surface area contributed by atoms with Crippen LogP contribution in [-0.4, -0.2) is 0 Å². The summed E-state index contributed by atoms with van der Waals surface area (Å²) < 4.78 is 1.12. The Labute approximate surface area is 136 Å². The molecule has 21 heavy (non-hydrogen) atoms. The van der Waals surface area contributed by atoms with Crippen molar-refractivity contribution in [2.75, 3.05) is 0 Å². The van der Waals surface area contributed by atoms with E-state index in [9.17, 15) is 0 Å². The first-order valence-electron chi connectivity index (χ1n) is 7.39. The molecule has 0 heterocycles. The fourth-order valence-electron chi connectivity index (χ4n) is 2.53. The lowest BCUT2D eigenvalue weighted by Gasteiger charge is -2.20. The van der Waals surface area contributed by atoms with Crippen molar-refractivity contribution < 1.29 is 0 Å². The van der Waals surface area contributed by atoms with Gasteiger partial charge in [-0.1, -0.05) is 73.1 Å². The third-order valence-electron chi connectivity index (χ3n) is 3.98. The van der Waals surface area contributed by atoms with Crippen LogP contribution in [0.5, 0.6) is 0 Å². The highest BCUT2D eigenvalue weighted by Gasteiger charge is 2.14. The van der Waals surface area contributed by atoms with Gasteiger partial charge in [0.1, 0.15) is 0 Å². The van der Waals surface area contributed by atoms with Crippen LogP contribution in [0.1, 0.15) is 49.1 Å². The van der Waals surface area contributed by atoms with Gasteiger partial charge in [0.05, 0.1) is 0 Å². The van der Waals surface area contributed by atoms with Gasteiger partial charge in [-0.15, -0.1) is 0 Å². The van der Waals surface area contributed by atoms with Gasteiger partial charge in [-0.3, -0.25) is 0 Å². The minimum atomic E-state index is 0.0305. The Balaban J connectivity index is 2.16. The predicted molar refractivity (Wildman–Crippen MR) is 94.7 cm³/mol. The zero-order valence-electron chi connectivity index (χ0n) is 13.3. The smallest absolute Gasteiger partial charge is 0.0338 e. The summed E-state index contributed by atoms with van der Waals surface area (Å²) in [6.45, 7) is 8.82. The summed E-state index contributed by atoms with van der Waals surface area (Å²) in [4.78, 5) is 0. The molecule has 0 aliphatic carbocycles. The molecule has 0 aromatic heterocycles. The van der Waals surface area contributed by atoms with Crippen LogP contribution in [0.3, 0.4) is 0 Å². The Bertz CT molecular complexity index is 608. The van der Waals surface area contributed by atoms with Gasteiger partial charge in [-0.05, 0) is 47.1 Å². The monoisotopic (exact) mass is 345 g/mol. The van der Waals surface area contributed by atoms with Gasteiger partial charge >= 0.3 is 0 Å². The zero-order valence-corrected chi connectivity index (χ0v) is 14.9. The molecule has 0 fully saturated rings. The maximum Gasteiger partial charge on any atom is 0.0338 e. The molecule has 2 aromatic rings. The maximum absolute atomic E-state index is 6.40. The summed E-state index contributed by atoms with van der Waals surface area (Å²) in [5.41, 5.74) is 11.7. The SMILES string of the molecule is Cc1c(Br)cccc1C(N)Cc1ccc(C(C)(C)C)cc1. The summed E-state index contributed by atoms with van der Waals surface area (Å²) in [5, 5.41) is 0. The highest BCUT2D eigenvalue weighted by Crippen LogP contribution is 2.27. The van der Waals surface area contributed by atoms with E-state index in [2.05, 4.69) is 86.1 Å². The molecule has 0 saturated carbocycles. The van der Waals surface area contributed by atoms with Crippen molar-refractivity contribution in [2.24, 2.45) is 5.73 Å². The Morgan fingerprint density at radius 3 is 2.24 bits per heavy atom. The molecule has 2 heteroatoms. The molecule has 112 valence electrons. The number of benzene rings is 2. The lowest BCUT2D eigenvalue weighted by molar-refractivity contribution is 0.589. The first-order valence-corrected chi connectivity index (χ1v) is 8.18. The topological polar surface area (TPSA) is 26.0 Å². The molecule has 0 aliphatic rings. The van der Waals surface area contributed by atoms with Crippen molar-refractivity contribution >= 4 is 15.9 Å². The van der Waals surface area contributed by atoms with Gasteiger partial charge < -0.3 is 5.73 Å². The van der Waals surface area contributed by atoms with Crippen LogP contribution in [-0.2, 0) is 11.8 Å². The predicted octanol–water partition coefficient (Wildman–Crippen LogP) is 5.30. The minimum absolute atomic E-state index is 0.0305. The standard InChI is InChI=1S/C19H24BrN/c1-13-16(6-5-7-17(13)20)18(21)12-14-8-10-15(11-9-14)19(2,3)4/h5-11,18H,12,21H2,1-4H3. The first kappa shape index (κ1) is 16.3. The van der Waals surface area contributed by atoms with E-state index in [0.29, 0.717) is 0 Å². The van der Waals surface area contributed by atoms with Crippen LogP contribution < -0.4 is 5.73 Å². The number of nitrogens with two attached hydrogens (primary N) is 1. The van der Waals surface area contributed by atoms with Gasteiger partial charge in [0.15, 0.2) is 0 Å². The van der Waals surface area contributed by atoms with Crippen LogP contribution in [0.25, 0.3) is 0 Å². The Morgan fingerprint density at radius 2 is 1.67 bits per heavy atom. The van der Waals surface area contributed by atoms with Crippen molar-refractivity contribution in [3.63, 3.8) is 0 Å². The van der Waals surface area contributed by atoms with E-state index in [4.69, 9.17) is 5.73 Å². The fraction of sp³-hybridized carbons (Fsp3) is 0.368. The summed E-state index contributed by atoms with van der Waals surface area (Å²) >= 11 is 3.58. The van der Waals surface area contributed by atoms with Crippen molar-refractivity contribution in [3.05, 3.63) is 69.2 Å². The fourth-order valence-corrected chi connectivity index (χ4v) is 2.91. The number of hydrogen-bond donors (Lipinski definition) is 1. The molecule has 1 unspecified atom stereocenters. The number of halogens is 1. The van der Waals surface area contributed by atoms with Crippen LogP contribution in [0.4, 0.5) is 0 Å². The maximum atomic E-state index is 6.40. The molecule has 0 amide bonds. The van der Waals surface area contributed by atoms with Crippen LogP contribution in [0.2, 0.25) is 0 Å². The molecule has 2 N–H and O–H groups in total. The van der Waals surface area contributed by atoms with E-state index in [-0.39, 0.29) is 11.5 Å². The second-order valence-electron chi connectivity index (χ2n) is 6.71. The molecular formula is C19H24BrN. The zero-order chi connectivity index (χ0) is 15.6.